The zero-order valence-corrected chi connectivity index (χ0v) is 18.0. The summed E-state index contributed by atoms with van der Waals surface area (Å²) in [5.74, 6) is -0.464. The van der Waals surface area contributed by atoms with Gasteiger partial charge in [0.05, 0.1) is 28.7 Å². The smallest absolute Gasteiger partial charge is 0.257 e. The van der Waals surface area contributed by atoms with Crippen molar-refractivity contribution in [3.05, 3.63) is 58.6 Å². The Morgan fingerprint density at radius 3 is 2.59 bits per heavy atom. The number of benzene rings is 2. The molecule has 1 heterocycles. The number of hydrogen-bond acceptors (Lipinski definition) is 5. The third-order valence-corrected chi connectivity index (χ3v) is 6.80. The summed E-state index contributed by atoms with van der Waals surface area (Å²) in [6.45, 7) is 3.96. The minimum Gasteiger partial charge on any atom is -0.379 e. The van der Waals surface area contributed by atoms with E-state index in [-0.39, 0.29) is 15.5 Å². The number of morpholine rings is 1. The summed E-state index contributed by atoms with van der Waals surface area (Å²) in [4.78, 5) is 15.1. The molecule has 1 aliphatic heterocycles. The van der Waals surface area contributed by atoms with E-state index in [1.54, 1.807) is 6.07 Å². The van der Waals surface area contributed by atoms with Crippen LogP contribution in [-0.2, 0) is 21.3 Å². The highest BCUT2D eigenvalue weighted by atomic mass is 35.5. The molecule has 156 valence electrons. The first-order valence-corrected chi connectivity index (χ1v) is 11.0. The van der Waals surface area contributed by atoms with Gasteiger partial charge in [-0.25, -0.2) is 12.7 Å². The number of hydrogen-bond donors (Lipinski definition) is 1. The highest BCUT2D eigenvalue weighted by Gasteiger charge is 2.21. The normalized spacial score (nSPS) is 15.4. The number of nitrogens with zero attached hydrogens (tertiary/aromatic N) is 2. The molecule has 0 bridgehead atoms. The lowest BCUT2D eigenvalue weighted by Crippen LogP contribution is -2.35. The summed E-state index contributed by atoms with van der Waals surface area (Å²) in [6.07, 6.45) is 0. The third-order valence-electron chi connectivity index (χ3n) is 4.66. The van der Waals surface area contributed by atoms with E-state index in [4.69, 9.17) is 16.3 Å². The van der Waals surface area contributed by atoms with E-state index in [9.17, 15) is 13.2 Å². The van der Waals surface area contributed by atoms with Crippen molar-refractivity contribution in [1.82, 2.24) is 9.21 Å². The van der Waals surface area contributed by atoms with Gasteiger partial charge in [-0.15, -0.1) is 0 Å². The van der Waals surface area contributed by atoms with Gasteiger partial charge in [-0.3, -0.25) is 9.69 Å². The molecule has 1 N–H and O–H groups in total. The summed E-state index contributed by atoms with van der Waals surface area (Å²) in [5, 5.41) is 2.99. The number of sulfonamides is 1. The van der Waals surface area contributed by atoms with Gasteiger partial charge < -0.3 is 10.1 Å². The van der Waals surface area contributed by atoms with Gasteiger partial charge in [-0.1, -0.05) is 23.7 Å². The first-order chi connectivity index (χ1) is 13.8. The minimum absolute atomic E-state index is 0.0121. The van der Waals surface area contributed by atoms with Gasteiger partial charge in [-0.05, 0) is 35.9 Å². The van der Waals surface area contributed by atoms with E-state index in [0.29, 0.717) is 5.69 Å². The van der Waals surface area contributed by atoms with Crippen LogP contribution in [0.4, 0.5) is 5.69 Å². The fourth-order valence-electron chi connectivity index (χ4n) is 3.01. The molecule has 0 aromatic heterocycles. The molecule has 2 aromatic rings. The van der Waals surface area contributed by atoms with Crippen molar-refractivity contribution in [2.45, 2.75) is 11.4 Å². The molecule has 0 atom stereocenters. The van der Waals surface area contributed by atoms with Crippen LogP contribution < -0.4 is 5.32 Å². The van der Waals surface area contributed by atoms with E-state index >= 15 is 0 Å². The SMILES string of the molecule is CN(C)S(=O)(=O)c1ccc(Cl)c(C(=O)Nc2cccc(CN3CCOCC3)c2)c1. The lowest BCUT2D eigenvalue weighted by Gasteiger charge is -2.26. The van der Waals surface area contributed by atoms with Crippen LogP contribution in [0.3, 0.4) is 0 Å². The van der Waals surface area contributed by atoms with Crippen LogP contribution >= 0.6 is 11.6 Å². The number of ether oxygens (including phenoxy) is 1. The van der Waals surface area contributed by atoms with Crippen LogP contribution in [0, 0.1) is 0 Å². The Bertz CT molecular complexity index is 989. The number of carbonyl (C=O) groups is 1. The topological polar surface area (TPSA) is 79.0 Å². The molecule has 1 aliphatic rings. The second-order valence-corrected chi connectivity index (χ2v) is 9.53. The van der Waals surface area contributed by atoms with Gasteiger partial charge in [-0.2, -0.15) is 0 Å². The highest BCUT2D eigenvalue weighted by Crippen LogP contribution is 2.23. The molecule has 1 saturated heterocycles. The number of amides is 1. The Kier molecular flexibility index (Phi) is 6.92. The minimum atomic E-state index is -3.67. The van der Waals surface area contributed by atoms with Crippen molar-refractivity contribution in [3.8, 4) is 0 Å². The molecule has 0 saturated carbocycles. The molecule has 7 nitrogen and oxygen atoms in total. The van der Waals surface area contributed by atoms with Gasteiger partial charge in [0.15, 0.2) is 0 Å². The first kappa shape index (κ1) is 21.7. The molecule has 0 unspecified atom stereocenters. The largest absolute Gasteiger partial charge is 0.379 e. The predicted molar refractivity (Wildman–Crippen MR) is 113 cm³/mol. The molecule has 1 amide bonds. The summed E-state index contributed by atoms with van der Waals surface area (Å²) in [6, 6.07) is 11.7. The predicted octanol–water partition coefficient (Wildman–Crippen LogP) is 2.67. The maximum Gasteiger partial charge on any atom is 0.257 e. The molecule has 9 heteroatoms. The molecule has 3 rings (SSSR count). The van der Waals surface area contributed by atoms with Crippen molar-refractivity contribution in [2.75, 3.05) is 45.7 Å². The number of nitrogens with one attached hydrogen (secondary N) is 1. The Balaban J connectivity index is 1.77. The highest BCUT2D eigenvalue weighted by molar-refractivity contribution is 7.89. The quantitative estimate of drug-likeness (QED) is 0.751. The maximum absolute atomic E-state index is 12.8. The molecule has 0 spiro atoms. The molecular formula is C20H24ClN3O4S. The van der Waals surface area contributed by atoms with Gasteiger partial charge in [0.2, 0.25) is 10.0 Å². The Hall–Kier alpha value is -1.97. The molecule has 29 heavy (non-hydrogen) atoms. The Morgan fingerprint density at radius 1 is 1.17 bits per heavy atom. The molecular weight excluding hydrogens is 414 g/mol. The van der Waals surface area contributed by atoms with Crippen molar-refractivity contribution in [1.29, 1.82) is 0 Å². The van der Waals surface area contributed by atoms with Crippen LogP contribution in [0.25, 0.3) is 0 Å². The summed E-state index contributed by atoms with van der Waals surface area (Å²) < 4.78 is 31.2. The van der Waals surface area contributed by atoms with Crippen molar-refractivity contribution in [3.63, 3.8) is 0 Å². The van der Waals surface area contributed by atoms with Crippen LogP contribution in [0.15, 0.2) is 47.4 Å². The zero-order valence-electron chi connectivity index (χ0n) is 16.4. The Morgan fingerprint density at radius 2 is 1.90 bits per heavy atom. The molecule has 1 fully saturated rings. The van der Waals surface area contributed by atoms with Gasteiger partial charge >= 0.3 is 0 Å². The van der Waals surface area contributed by atoms with Gasteiger partial charge in [0, 0.05) is 39.4 Å². The lowest BCUT2D eigenvalue weighted by atomic mass is 10.1. The van der Waals surface area contributed by atoms with E-state index < -0.39 is 15.9 Å². The summed E-state index contributed by atoms with van der Waals surface area (Å²) in [5.41, 5.74) is 1.80. The second-order valence-electron chi connectivity index (χ2n) is 6.97. The van der Waals surface area contributed by atoms with E-state index in [1.165, 1.54) is 32.3 Å². The van der Waals surface area contributed by atoms with Crippen molar-refractivity contribution in [2.24, 2.45) is 0 Å². The van der Waals surface area contributed by atoms with E-state index in [2.05, 4.69) is 10.2 Å². The van der Waals surface area contributed by atoms with E-state index in [0.717, 1.165) is 42.7 Å². The first-order valence-electron chi connectivity index (χ1n) is 9.20. The van der Waals surface area contributed by atoms with Crippen LogP contribution in [-0.4, -0.2) is 63.9 Å². The lowest BCUT2D eigenvalue weighted by molar-refractivity contribution is 0.0342. The molecule has 0 radical (unpaired) electrons. The molecule has 0 aliphatic carbocycles. The van der Waals surface area contributed by atoms with E-state index in [1.807, 2.05) is 18.2 Å². The fourth-order valence-corrected chi connectivity index (χ4v) is 4.14. The summed E-state index contributed by atoms with van der Waals surface area (Å²) >= 11 is 6.16. The second kappa shape index (κ2) is 9.23. The van der Waals surface area contributed by atoms with Crippen LogP contribution in [0.1, 0.15) is 15.9 Å². The van der Waals surface area contributed by atoms with Gasteiger partial charge in [0.25, 0.3) is 5.91 Å². The zero-order chi connectivity index (χ0) is 21.0. The summed E-state index contributed by atoms with van der Waals surface area (Å²) in [7, 11) is -0.798. The van der Waals surface area contributed by atoms with Crippen LogP contribution in [0.5, 0.6) is 0 Å². The van der Waals surface area contributed by atoms with Crippen molar-refractivity contribution >= 4 is 33.2 Å². The van der Waals surface area contributed by atoms with Gasteiger partial charge in [0.1, 0.15) is 0 Å². The number of anilines is 1. The third kappa shape index (κ3) is 5.34. The maximum atomic E-state index is 12.8. The number of halogens is 1. The fraction of sp³-hybridized carbons (Fsp3) is 0.350. The van der Waals surface area contributed by atoms with Crippen molar-refractivity contribution < 1.29 is 17.9 Å². The standard InChI is InChI=1S/C20H24ClN3O4S/c1-23(2)29(26,27)17-6-7-19(21)18(13-17)20(25)22-16-5-3-4-15(12-16)14-24-8-10-28-11-9-24/h3-7,12-13H,8-11,14H2,1-2H3,(H,22,25). The number of carbonyl (C=O) groups excluding carboxylic acids is 1. The monoisotopic (exact) mass is 437 g/mol. The average Bonchev–Trinajstić information content (AvgIpc) is 2.69. The Labute approximate surface area is 176 Å². The average molecular weight is 438 g/mol. The molecule has 2 aromatic carbocycles. The number of rotatable bonds is 6. The van der Waals surface area contributed by atoms with Crippen LogP contribution in [0.2, 0.25) is 5.02 Å².